The quantitative estimate of drug-likeness (QED) is 0.804. The van der Waals surface area contributed by atoms with Crippen LogP contribution < -0.4 is 5.73 Å². The molecular formula is C13H18BrNO2. The molecule has 1 fully saturated rings. The van der Waals surface area contributed by atoms with Crippen LogP contribution in [0.25, 0.3) is 0 Å². The molecule has 94 valence electrons. The van der Waals surface area contributed by atoms with Gasteiger partial charge in [0.1, 0.15) is 5.75 Å². The third-order valence-electron chi connectivity index (χ3n) is 3.63. The lowest BCUT2D eigenvalue weighted by Crippen LogP contribution is -2.32. The van der Waals surface area contributed by atoms with Crippen LogP contribution in [0.1, 0.15) is 37.3 Å². The van der Waals surface area contributed by atoms with Gasteiger partial charge in [0.15, 0.2) is 0 Å². The summed E-state index contributed by atoms with van der Waals surface area (Å²) in [6, 6.07) is 4.83. The summed E-state index contributed by atoms with van der Waals surface area (Å²) >= 11 is 3.26. The smallest absolute Gasteiger partial charge is 0.134 e. The second-order valence-electron chi connectivity index (χ2n) is 4.74. The molecule has 0 saturated heterocycles. The Morgan fingerprint density at radius 3 is 2.59 bits per heavy atom. The first-order valence-corrected chi connectivity index (χ1v) is 6.81. The number of halogens is 1. The highest BCUT2D eigenvalue weighted by atomic mass is 79.9. The molecule has 4 N–H and O–H groups in total. The first-order chi connectivity index (χ1) is 8.11. The number of para-hydroxylation sites is 1. The number of hydrogen-bond donors (Lipinski definition) is 3. The number of rotatable bonds is 3. The monoisotopic (exact) mass is 299 g/mol. The number of phenolic OH excluding ortho intramolecular Hbond substituents is 1. The number of phenols is 1. The molecule has 1 aromatic carbocycles. The number of benzene rings is 1. The van der Waals surface area contributed by atoms with E-state index in [1.54, 1.807) is 12.1 Å². The molecule has 4 heteroatoms. The van der Waals surface area contributed by atoms with E-state index in [0.717, 1.165) is 12.8 Å². The van der Waals surface area contributed by atoms with Crippen LogP contribution in [0.4, 0.5) is 0 Å². The molecule has 3 nitrogen and oxygen atoms in total. The van der Waals surface area contributed by atoms with Gasteiger partial charge in [0.05, 0.1) is 16.6 Å². The Balaban J connectivity index is 2.18. The standard InChI is InChI=1S/C13H18BrNO2/c14-10-7-3-6-9(13(10)17)11(15)12(16)8-4-1-2-5-8/h3,6-8,11-12,16-17H,1-2,4-5,15H2/t11-,12+/m0/s1. The van der Waals surface area contributed by atoms with E-state index < -0.39 is 12.1 Å². The van der Waals surface area contributed by atoms with E-state index in [9.17, 15) is 10.2 Å². The molecule has 17 heavy (non-hydrogen) atoms. The average molecular weight is 300 g/mol. The molecular weight excluding hydrogens is 282 g/mol. The predicted molar refractivity (Wildman–Crippen MR) is 70.7 cm³/mol. The second kappa shape index (κ2) is 5.38. The van der Waals surface area contributed by atoms with Crippen molar-refractivity contribution < 1.29 is 10.2 Å². The highest BCUT2D eigenvalue weighted by Crippen LogP contribution is 2.37. The first-order valence-electron chi connectivity index (χ1n) is 6.02. The maximum absolute atomic E-state index is 10.2. The summed E-state index contributed by atoms with van der Waals surface area (Å²) in [5, 5.41) is 20.2. The zero-order valence-corrected chi connectivity index (χ0v) is 11.2. The van der Waals surface area contributed by atoms with E-state index in [-0.39, 0.29) is 11.7 Å². The fraction of sp³-hybridized carbons (Fsp3) is 0.538. The van der Waals surface area contributed by atoms with Crippen LogP contribution in [0.3, 0.4) is 0 Å². The molecule has 0 heterocycles. The van der Waals surface area contributed by atoms with E-state index >= 15 is 0 Å². The Morgan fingerprint density at radius 1 is 1.29 bits per heavy atom. The minimum atomic E-state index is -0.572. The summed E-state index contributed by atoms with van der Waals surface area (Å²) in [5.41, 5.74) is 6.67. The van der Waals surface area contributed by atoms with Crippen molar-refractivity contribution in [1.29, 1.82) is 0 Å². The van der Waals surface area contributed by atoms with Crippen LogP contribution in [-0.4, -0.2) is 16.3 Å². The topological polar surface area (TPSA) is 66.5 Å². The molecule has 0 spiro atoms. The summed E-state index contributed by atoms with van der Waals surface area (Å²) in [6.45, 7) is 0. The van der Waals surface area contributed by atoms with Crippen molar-refractivity contribution in [3.63, 3.8) is 0 Å². The second-order valence-corrected chi connectivity index (χ2v) is 5.59. The summed E-state index contributed by atoms with van der Waals surface area (Å²) in [7, 11) is 0. The van der Waals surface area contributed by atoms with Gasteiger partial charge in [-0.05, 0) is 40.8 Å². The summed E-state index contributed by atoms with van der Waals surface area (Å²) in [6.07, 6.45) is 3.82. The van der Waals surface area contributed by atoms with E-state index in [2.05, 4.69) is 15.9 Å². The highest BCUT2D eigenvalue weighted by Gasteiger charge is 2.30. The van der Waals surface area contributed by atoms with Gasteiger partial charge in [-0.3, -0.25) is 0 Å². The molecule has 0 aliphatic heterocycles. The number of aliphatic hydroxyl groups is 1. The molecule has 0 radical (unpaired) electrons. The summed E-state index contributed by atoms with van der Waals surface area (Å²) < 4.78 is 0.615. The largest absolute Gasteiger partial charge is 0.506 e. The Bertz CT molecular complexity index is 391. The SMILES string of the molecule is N[C@@H](c1cccc(Br)c1O)[C@H](O)C1CCCC1. The molecule has 0 aromatic heterocycles. The fourth-order valence-corrected chi connectivity index (χ4v) is 2.96. The number of hydrogen-bond acceptors (Lipinski definition) is 3. The minimum Gasteiger partial charge on any atom is -0.506 e. The average Bonchev–Trinajstić information content (AvgIpc) is 2.84. The molecule has 0 amide bonds. The maximum Gasteiger partial charge on any atom is 0.134 e. The van der Waals surface area contributed by atoms with Gasteiger partial charge in [-0.2, -0.15) is 0 Å². The zero-order valence-electron chi connectivity index (χ0n) is 9.64. The molecule has 0 unspecified atom stereocenters. The third-order valence-corrected chi connectivity index (χ3v) is 4.27. The van der Waals surface area contributed by atoms with E-state index in [1.165, 1.54) is 12.8 Å². The van der Waals surface area contributed by atoms with Crippen molar-refractivity contribution in [2.45, 2.75) is 37.8 Å². The van der Waals surface area contributed by atoms with Gasteiger partial charge < -0.3 is 15.9 Å². The van der Waals surface area contributed by atoms with Crippen LogP contribution in [0.5, 0.6) is 5.75 Å². The molecule has 2 atom stereocenters. The van der Waals surface area contributed by atoms with Crippen LogP contribution >= 0.6 is 15.9 Å². The van der Waals surface area contributed by atoms with Gasteiger partial charge >= 0.3 is 0 Å². The predicted octanol–water partition coefficient (Wildman–Crippen LogP) is 2.71. The minimum absolute atomic E-state index is 0.136. The van der Waals surface area contributed by atoms with Crippen molar-refractivity contribution in [3.8, 4) is 5.75 Å². The third kappa shape index (κ3) is 2.64. The lowest BCUT2D eigenvalue weighted by molar-refractivity contribution is 0.0836. The van der Waals surface area contributed by atoms with Crippen molar-refractivity contribution in [2.75, 3.05) is 0 Å². The normalized spacial score (nSPS) is 20.4. The van der Waals surface area contributed by atoms with Crippen molar-refractivity contribution in [1.82, 2.24) is 0 Å². The fourth-order valence-electron chi connectivity index (χ4n) is 2.58. The number of nitrogens with two attached hydrogens (primary N) is 1. The van der Waals surface area contributed by atoms with Crippen LogP contribution in [0.2, 0.25) is 0 Å². The highest BCUT2D eigenvalue weighted by molar-refractivity contribution is 9.10. The van der Waals surface area contributed by atoms with E-state index in [0.29, 0.717) is 10.0 Å². The van der Waals surface area contributed by atoms with E-state index in [4.69, 9.17) is 5.73 Å². The maximum atomic E-state index is 10.2. The summed E-state index contributed by atoms with van der Waals surface area (Å²) in [5.74, 6) is 0.403. The zero-order chi connectivity index (χ0) is 12.4. The molecule has 1 aliphatic rings. The molecule has 0 bridgehead atoms. The Labute approximate surface area is 110 Å². The molecule has 2 rings (SSSR count). The Morgan fingerprint density at radius 2 is 1.94 bits per heavy atom. The van der Waals surface area contributed by atoms with Crippen LogP contribution in [0.15, 0.2) is 22.7 Å². The lowest BCUT2D eigenvalue weighted by atomic mass is 9.90. The van der Waals surface area contributed by atoms with Crippen LogP contribution in [-0.2, 0) is 0 Å². The van der Waals surface area contributed by atoms with Gasteiger partial charge in [0.2, 0.25) is 0 Å². The van der Waals surface area contributed by atoms with Crippen molar-refractivity contribution in [2.24, 2.45) is 11.7 Å². The summed E-state index contributed by atoms with van der Waals surface area (Å²) in [4.78, 5) is 0. The van der Waals surface area contributed by atoms with Crippen LogP contribution in [0, 0.1) is 5.92 Å². The van der Waals surface area contributed by atoms with Gasteiger partial charge in [-0.1, -0.05) is 25.0 Å². The molecule has 1 saturated carbocycles. The van der Waals surface area contributed by atoms with E-state index in [1.807, 2.05) is 6.07 Å². The number of aliphatic hydroxyl groups excluding tert-OH is 1. The van der Waals surface area contributed by atoms with Gasteiger partial charge in [0.25, 0.3) is 0 Å². The Hall–Kier alpha value is -0.580. The van der Waals surface area contributed by atoms with Gasteiger partial charge in [-0.25, -0.2) is 0 Å². The van der Waals surface area contributed by atoms with Crippen molar-refractivity contribution in [3.05, 3.63) is 28.2 Å². The first kappa shape index (κ1) is 12.9. The number of aromatic hydroxyl groups is 1. The Kier molecular flexibility index (Phi) is 4.07. The lowest BCUT2D eigenvalue weighted by Gasteiger charge is -2.25. The molecule has 1 aromatic rings. The van der Waals surface area contributed by atoms with Crippen molar-refractivity contribution >= 4 is 15.9 Å². The molecule has 1 aliphatic carbocycles. The van der Waals surface area contributed by atoms with Gasteiger partial charge in [-0.15, -0.1) is 0 Å². The van der Waals surface area contributed by atoms with Gasteiger partial charge in [0, 0.05) is 5.56 Å².